The molecule has 4 rings (SSSR count). The second-order valence-electron chi connectivity index (χ2n) is 10.2. The SMILES string of the molecule is CC(C)=CCN1CCC2(CC1)CN(C(=O)Nc1ccc(C(C)C)cc1)c1ccc(C)cc12. The van der Waals surface area contributed by atoms with Crippen LogP contribution in [0.4, 0.5) is 16.2 Å². The third kappa shape index (κ3) is 4.61. The maximum Gasteiger partial charge on any atom is 0.326 e. The van der Waals surface area contributed by atoms with Crippen LogP contribution in [0.15, 0.2) is 54.1 Å². The molecule has 0 unspecified atom stereocenters. The van der Waals surface area contributed by atoms with E-state index in [9.17, 15) is 4.79 Å². The Morgan fingerprint density at radius 3 is 2.41 bits per heavy atom. The van der Waals surface area contributed by atoms with Crippen LogP contribution in [0, 0.1) is 6.92 Å². The number of piperidine rings is 1. The standard InChI is InChI=1S/C28H37N3O/c1-20(2)12-15-30-16-13-28(14-17-30)19-31(26-11-6-22(5)18-25(26)28)27(32)29-24-9-7-23(8-10-24)21(3)4/h6-12,18,21H,13-17,19H2,1-5H3,(H,29,32). The molecule has 0 atom stereocenters. The number of fused-ring (bicyclic) bond motifs is 2. The molecule has 0 aliphatic carbocycles. The van der Waals surface area contributed by atoms with Crippen LogP contribution in [-0.2, 0) is 5.41 Å². The Labute approximate surface area is 193 Å². The fourth-order valence-corrected chi connectivity index (χ4v) is 5.01. The smallest absolute Gasteiger partial charge is 0.308 e. The molecule has 2 aromatic rings. The minimum absolute atomic E-state index is 0.0313. The van der Waals surface area contributed by atoms with Crippen LogP contribution in [-0.4, -0.2) is 37.1 Å². The van der Waals surface area contributed by atoms with Crippen LogP contribution in [0.3, 0.4) is 0 Å². The number of nitrogens with zero attached hydrogens (tertiary/aromatic N) is 2. The van der Waals surface area contributed by atoms with Gasteiger partial charge in [0.05, 0.1) is 0 Å². The molecule has 1 spiro atoms. The minimum Gasteiger partial charge on any atom is -0.308 e. The highest BCUT2D eigenvalue weighted by Gasteiger charge is 2.46. The molecule has 2 aliphatic rings. The van der Waals surface area contributed by atoms with E-state index >= 15 is 0 Å². The van der Waals surface area contributed by atoms with Gasteiger partial charge in [0.1, 0.15) is 0 Å². The quantitative estimate of drug-likeness (QED) is 0.563. The topological polar surface area (TPSA) is 35.6 Å². The molecule has 2 aliphatic heterocycles. The van der Waals surface area contributed by atoms with Crippen molar-refractivity contribution in [2.75, 3.05) is 36.4 Å². The Morgan fingerprint density at radius 2 is 1.78 bits per heavy atom. The number of amides is 2. The Bertz CT molecular complexity index is 994. The molecule has 1 saturated heterocycles. The third-order valence-corrected chi connectivity index (χ3v) is 7.12. The zero-order chi connectivity index (χ0) is 22.9. The molecule has 1 fully saturated rings. The van der Waals surface area contributed by atoms with Crippen molar-refractivity contribution in [3.05, 3.63) is 70.8 Å². The summed E-state index contributed by atoms with van der Waals surface area (Å²) in [4.78, 5) is 17.8. The molecule has 0 bridgehead atoms. The van der Waals surface area contributed by atoms with Gasteiger partial charge in [0, 0.05) is 29.9 Å². The van der Waals surface area contributed by atoms with Crippen molar-refractivity contribution >= 4 is 17.4 Å². The van der Waals surface area contributed by atoms with Gasteiger partial charge in [0.15, 0.2) is 0 Å². The van der Waals surface area contributed by atoms with Gasteiger partial charge in [-0.05, 0) is 81.9 Å². The van der Waals surface area contributed by atoms with E-state index in [1.54, 1.807) is 0 Å². The van der Waals surface area contributed by atoms with Crippen LogP contribution in [0.5, 0.6) is 0 Å². The number of hydrogen-bond donors (Lipinski definition) is 1. The third-order valence-electron chi connectivity index (χ3n) is 7.12. The summed E-state index contributed by atoms with van der Waals surface area (Å²) in [5, 5.41) is 3.14. The summed E-state index contributed by atoms with van der Waals surface area (Å²) in [7, 11) is 0. The Morgan fingerprint density at radius 1 is 1.09 bits per heavy atom. The van der Waals surface area contributed by atoms with Crippen molar-refractivity contribution in [2.45, 2.75) is 58.8 Å². The molecule has 4 heteroatoms. The van der Waals surface area contributed by atoms with Crippen molar-refractivity contribution in [1.29, 1.82) is 0 Å². The molecule has 0 saturated carbocycles. The first-order valence-corrected chi connectivity index (χ1v) is 11.9. The van der Waals surface area contributed by atoms with E-state index in [0.717, 1.165) is 50.4 Å². The van der Waals surface area contributed by atoms with Crippen LogP contribution in [0.25, 0.3) is 0 Å². The lowest BCUT2D eigenvalue weighted by atomic mass is 9.74. The maximum atomic E-state index is 13.3. The van der Waals surface area contributed by atoms with E-state index < -0.39 is 0 Å². The Kier molecular flexibility index (Phi) is 6.43. The minimum atomic E-state index is -0.0313. The van der Waals surface area contributed by atoms with E-state index in [0.29, 0.717) is 5.92 Å². The van der Waals surface area contributed by atoms with Gasteiger partial charge < -0.3 is 5.32 Å². The molecule has 2 heterocycles. The number of benzene rings is 2. The molecular formula is C28H37N3O. The molecule has 1 N–H and O–H groups in total. The molecule has 32 heavy (non-hydrogen) atoms. The van der Waals surface area contributed by atoms with Crippen LogP contribution >= 0.6 is 0 Å². The number of hydrogen-bond acceptors (Lipinski definition) is 2. The number of allylic oxidation sites excluding steroid dienone is 1. The van der Waals surface area contributed by atoms with Gasteiger partial charge in [0.2, 0.25) is 0 Å². The van der Waals surface area contributed by atoms with Gasteiger partial charge in [-0.15, -0.1) is 0 Å². The van der Waals surface area contributed by atoms with E-state index in [1.807, 2.05) is 17.0 Å². The van der Waals surface area contributed by atoms with Crippen LogP contribution < -0.4 is 10.2 Å². The lowest BCUT2D eigenvalue weighted by molar-refractivity contribution is 0.180. The van der Waals surface area contributed by atoms with Gasteiger partial charge in [-0.3, -0.25) is 9.80 Å². The lowest BCUT2D eigenvalue weighted by Crippen LogP contribution is -2.46. The fraction of sp³-hybridized carbons (Fsp3) is 0.464. The van der Waals surface area contributed by atoms with Crippen molar-refractivity contribution < 1.29 is 4.79 Å². The summed E-state index contributed by atoms with van der Waals surface area (Å²) in [5.41, 5.74) is 7.25. The summed E-state index contributed by atoms with van der Waals surface area (Å²) in [5.74, 6) is 0.482. The predicted octanol–water partition coefficient (Wildman–Crippen LogP) is 6.47. The van der Waals surface area contributed by atoms with E-state index in [-0.39, 0.29) is 11.4 Å². The van der Waals surface area contributed by atoms with E-state index in [2.05, 4.69) is 81.2 Å². The first-order chi connectivity index (χ1) is 15.3. The second kappa shape index (κ2) is 9.11. The van der Waals surface area contributed by atoms with Crippen LogP contribution in [0.2, 0.25) is 0 Å². The summed E-state index contributed by atoms with van der Waals surface area (Å²) >= 11 is 0. The zero-order valence-electron chi connectivity index (χ0n) is 20.2. The number of likely N-dealkylation sites (tertiary alicyclic amines) is 1. The number of aryl methyl sites for hydroxylation is 1. The average Bonchev–Trinajstić information content (AvgIpc) is 3.07. The summed E-state index contributed by atoms with van der Waals surface area (Å²) in [6.45, 7) is 14.8. The number of urea groups is 1. The number of anilines is 2. The van der Waals surface area contributed by atoms with Crippen molar-refractivity contribution in [3.8, 4) is 0 Å². The first kappa shape index (κ1) is 22.6. The number of rotatable bonds is 4. The fourth-order valence-electron chi connectivity index (χ4n) is 5.01. The highest BCUT2D eigenvalue weighted by Crippen LogP contribution is 2.47. The van der Waals surface area contributed by atoms with Gasteiger partial charge in [-0.25, -0.2) is 4.79 Å². The molecule has 4 nitrogen and oxygen atoms in total. The Hall–Kier alpha value is -2.59. The van der Waals surface area contributed by atoms with Crippen molar-refractivity contribution in [2.24, 2.45) is 0 Å². The maximum absolute atomic E-state index is 13.3. The van der Waals surface area contributed by atoms with E-state index in [4.69, 9.17) is 0 Å². The molecule has 170 valence electrons. The molecule has 2 aromatic carbocycles. The molecule has 0 radical (unpaired) electrons. The Balaban J connectivity index is 1.52. The monoisotopic (exact) mass is 431 g/mol. The normalized spacial score (nSPS) is 17.5. The lowest BCUT2D eigenvalue weighted by Gasteiger charge is -2.39. The summed E-state index contributed by atoms with van der Waals surface area (Å²) < 4.78 is 0. The predicted molar refractivity (Wildman–Crippen MR) is 135 cm³/mol. The van der Waals surface area contributed by atoms with Gasteiger partial charge in [-0.1, -0.05) is 55.3 Å². The number of carbonyl (C=O) groups is 1. The van der Waals surface area contributed by atoms with Gasteiger partial charge >= 0.3 is 6.03 Å². The summed E-state index contributed by atoms with van der Waals surface area (Å²) in [6, 6.07) is 14.8. The zero-order valence-corrected chi connectivity index (χ0v) is 20.2. The molecule has 0 aromatic heterocycles. The molecule has 2 amide bonds. The second-order valence-corrected chi connectivity index (χ2v) is 10.2. The van der Waals surface area contributed by atoms with Crippen molar-refractivity contribution in [3.63, 3.8) is 0 Å². The van der Waals surface area contributed by atoms with Crippen molar-refractivity contribution in [1.82, 2.24) is 4.90 Å². The largest absolute Gasteiger partial charge is 0.326 e. The molecular weight excluding hydrogens is 394 g/mol. The highest BCUT2D eigenvalue weighted by molar-refractivity contribution is 6.03. The highest BCUT2D eigenvalue weighted by atomic mass is 16.2. The summed E-state index contributed by atoms with van der Waals surface area (Å²) in [6.07, 6.45) is 4.49. The first-order valence-electron chi connectivity index (χ1n) is 11.9. The van der Waals surface area contributed by atoms with Gasteiger partial charge in [-0.2, -0.15) is 0 Å². The van der Waals surface area contributed by atoms with E-state index in [1.165, 1.54) is 22.3 Å². The van der Waals surface area contributed by atoms with Gasteiger partial charge in [0.25, 0.3) is 0 Å². The van der Waals surface area contributed by atoms with Crippen LogP contribution in [0.1, 0.15) is 63.1 Å². The average molecular weight is 432 g/mol. The number of nitrogens with one attached hydrogen (secondary N) is 1. The number of carbonyl (C=O) groups excluding carboxylic acids is 1.